The fraction of sp³-hybridized carbons (Fsp3) is 0.462. The monoisotopic (exact) mass is 416 g/mol. The Morgan fingerprint density at radius 2 is 2.05 bits per heavy atom. The summed E-state index contributed by atoms with van der Waals surface area (Å²) < 4.78 is 26.6. The Balaban J connectivity index is 0.00000200. The van der Waals surface area contributed by atoms with E-state index >= 15 is 0 Å². The molecule has 1 fully saturated rings. The Bertz CT molecular complexity index is 502. The lowest BCUT2D eigenvalue weighted by molar-refractivity contribution is 0.0912. The lowest BCUT2D eigenvalue weighted by atomic mass is 9.95. The SMILES string of the molecule is CC1CNCCC1NC(=O)c1cc(F)c(F)cc1I.Cl. The van der Waals surface area contributed by atoms with Gasteiger partial charge in [-0.3, -0.25) is 4.79 Å². The molecule has 3 nitrogen and oxygen atoms in total. The molecule has 20 heavy (non-hydrogen) atoms. The summed E-state index contributed by atoms with van der Waals surface area (Å²) in [7, 11) is 0. The fourth-order valence-electron chi connectivity index (χ4n) is 2.17. The maximum Gasteiger partial charge on any atom is 0.252 e. The number of benzene rings is 1. The molecule has 0 aliphatic carbocycles. The Labute approximate surface area is 136 Å². The predicted molar refractivity (Wildman–Crippen MR) is 84.2 cm³/mol. The second-order valence-corrected chi connectivity index (χ2v) is 5.96. The summed E-state index contributed by atoms with van der Waals surface area (Å²) in [6, 6.07) is 2.06. The Morgan fingerprint density at radius 3 is 2.70 bits per heavy atom. The number of piperidine rings is 1. The summed E-state index contributed by atoms with van der Waals surface area (Å²) in [5, 5.41) is 6.14. The second kappa shape index (κ2) is 7.51. The van der Waals surface area contributed by atoms with Gasteiger partial charge in [-0.1, -0.05) is 6.92 Å². The summed E-state index contributed by atoms with van der Waals surface area (Å²) >= 11 is 1.84. The number of amides is 1. The maximum absolute atomic E-state index is 13.2. The van der Waals surface area contributed by atoms with Crippen molar-refractivity contribution in [2.24, 2.45) is 5.92 Å². The van der Waals surface area contributed by atoms with Gasteiger partial charge in [-0.25, -0.2) is 8.78 Å². The molecule has 1 aromatic rings. The van der Waals surface area contributed by atoms with E-state index in [1.54, 1.807) is 0 Å². The van der Waals surface area contributed by atoms with Crippen LogP contribution < -0.4 is 10.6 Å². The quantitative estimate of drug-likeness (QED) is 0.575. The predicted octanol–water partition coefficient (Wildman–Crippen LogP) is 2.72. The zero-order valence-electron chi connectivity index (χ0n) is 10.9. The molecule has 1 saturated heterocycles. The molecule has 2 atom stereocenters. The van der Waals surface area contributed by atoms with E-state index in [1.807, 2.05) is 29.5 Å². The molecule has 1 aliphatic heterocycles. The highest BCUT2D eigenvalue weighted by Gasteiger charge is 2.24. The van der Waals surface area contributed by atoms with E-state index in [4.69, 9.17) is 0 Å². The number of carbonyl (C=O) groups is 1. The van der Waals surface area contributed by atoms with Crippen molar-refractivity contribution in [3.05, 3.63) is 32.9 Å². The molecule has 2 unspecified atom stereocenters. The molecule has 0 bridgehead atoms. The van der Waals surface area contributed by atoms with Crippen LogP contribution in [0.2, 0.25) is 0 Å². The van der Waals surface area contributed by atoms with E-state index in [-0.39, 0.29) is 29.9 Å². The van der Waals surface area contributed by atoms with Gasteiger partial charge in [-0.15, -0.1) is 12.4 Å². The van der Waals surface area contributed by atoms with Gasteiger partial charge in [0.2, 0.25) is 0 Å². The smallest absolute Gasteiger partial charge is 0.252 e. The molecule has 1 aliphatic rings. The Morgan fingerprint density at radius 1 is 1.40 bits per heavy atom. The van der Waals surface area contributed by atoms with Gasteiger partial charge in [0.15, 0.2) is 11.6 Å². The molecular formula is C13H16ClF2IN2O. The summed E-state index contributed by atoms with van der Waals surface area (Å²) in [6.07, 6.45) is 0.840. The average Bonchev–Trinajstić information content (AvgIpc) is 2.36. The fourth-order valence-corrected chi connectivity index (χ4v) is 2.85. The first kappa shape index (κ1) is 17.6. The minimum Gasteiger partial charge on any atom is -0.349 e. The molecule has 2 N–H and O–H groups in total. The molecule has 1 amide bonds. The van der Waals surface area contributed by atoms with Gasteiger partial charge in [0.25, 0.3) is 5.91 Å². The van der Waals surface area contributed by atoms with Crippen molar-refractivity contribution in [3.63, 3.8) is 0 Å². The van der Waals surface area contributed by atoms with E-state index in [2.05, 4.69) is 10.6 Å². The first-order valence-corrected chi connectivity index (χ1v) is 7.23. The highest BCUT2D eigenvalue weighted by molar-refractivity contribution is 14.1. The molecule has 0 radical (unpaired) electrons. The first-order chi connectivity index (χ1) is 8.99. The third-order valence-electron chi connectivity index (χ3n) is 3.36. The van der Waals surface area contributed by atoms with Crippen LogP contribution in [0.15, 0.2) is 12.1 Å². The number of hydrogen-bond donors (Lipinski definition) is 2. The van der Waals surface area contributed by atoms with Gasteiger partial charge < -0.3 is 10.6 Å². The van der Waals surface area contributed by atoms with Crippen molar-refractivity contribution < 1.29 is 13.6 Å². The standard InChI is InChI=1S/C13H15F2IN2O.ClH/c1-7-6-17-3-2-12(7)18-13(19)8-4-9(14)10(15)5-11(8)16;/h4-5,7,12,17H,2-3,6H2,1H3,(H,18,19);1H. The summed E-state index contributed by atoms with van der Waals surface area (Å²) in [5.41, 5.74) is 0.185. The number of halogens is 4. The van der Waals surface area contributed by atoms with Gasteiger partial charge in [0, 0.05) is 9.61 Å². The zero-order valence-corrected chi connectivity index (χ0v) is 13.9. The van der Waals surface area contributed by atoms with Crippen LogP contribution in [0.5, 0.6) is 0 Å². The Hall–Kier alpha value is -0.470. The Kier molecular flexibility index (Phi) is 6.60. The molecule has 2 rings (SSSR count). The van der Waals surface area contributed by atoms with Crippen LogP contribution >= 0.6 is 35.0 Å². The second-order valence-electron chi connectivity index (χ2n) is 4.80. The zero-order chi connectivity index (χ0) is 14.0. The van der Waals surface area contributed by atoms with E-state index in [9.17, 15) is 13.6 Å². The van der Waals surface area contributed by atoms with Crippen LogP contribution in [-0.4, -0.2) is 25.0 Å². The van der Waals surface area contributed by atoms with Crippen LogP contribution in [0.3, 0.4) is 0 Å². The van der Waals surface area contributed by atoms with Crippen molar-refractivity contribution in [1.82, 2.24) is 10.6 Å². The van der Waals surface area contributed by atoms with Crippen molar-refractivity contribution in [1.29, 1.82) is 0 Å². The van der Waals surface area contributed by atoms with Crippen LogP contribution in [0.4, 0.5) is 8.78 Å². The summed E-state index contributed by atoms with van der Waals surface area (Å²) in [6.45, 7) is 3.75. The number of carbonyl (C=O) groups excluding carboxylic acids is 1. The van der Waals surface area contributed by atoms with Gasteiger partial charge in [-0.05, 0) is 60.2 Å². The first-order valence-electron chi connectivity index (χ1n) is 6.15. The minimum atomic E-state index is -0.996. The van der Waals surface area contributed by atoms with Gasteiger partial charge >= 0.3 is 0 Å². The topological polar surface area (TPSA) is 41.1 Å². The third-order valence-corrected chi connectivity index (χ3v) is 4.25. The van der Waals surface area contributed by atoms with Crippen molar-refractivity contribution >= 4 is 40.9 Å². The van der Waals surface area contributed by atoms with Crippen molar-refractivity contribution in [3.8, 4) is 0 Å². The summed E-state index contributed by atoms with van der Waals surface area (Å²) in [5.74, 6) is -1.96. The number of rotatable bonds is 2. The largest absolute Gasteiger partial charge is 0.349 e. The third kappa shape index (κ3) is 4.02. The minimum absolute atomic E-state index is 0. The van der Waals surface area contributed by atoms with Crippen LogP contribution in [-0.2, 0) is 0 Å². The molecule has 1 heterocycles. The lowest BCUT2D eigenvalue weighted by Crippen LogP contribution is -2.48. The van der Waals surface area contributed by atoms with Gasteiger partial charge in [0.05, 0.1) is 5.56 Å². The van der Waals surface area contributed by atoms with E-state index in [0.717, 1.165) is 31.6 Å². The van der Waals surface area contributed by atoms with Gasteiger partial charge in [-0.2, -0.15) is 0 Å². The normalized spacial score (nSPS) is 22.0. The molecule has 7 heteroatoms. The number of nitrogens with one attached hydrogen (secondary N) is 2. The molecule has 0 aromatic heterocycles. The molecule has 112 valence electrons. The molecule has 0 spiro atoms. The van der Waals surface area contributed by atoms with Crippen LogP contribution in [0, 0.1) is 21.1 Å². The van der Waals surface area contributed by atoms with E-state index < -0.39 is 11.6 Å². The van der Waals surface area contributed by atoms with Crippen molar-refractivity contribution in [2.45, 2.75) is 19.4 Å². The van der Waals surface area contributed by atoms with Crippen molar-refractivity contribution in [2.75, 3.05) is 13.1 Å². The molecule has 0 saturated carbocycles. The van der Waals surface area contributed by atoms with E-state index in [0.29, 0.717) is 9.49 Å². The van der Waals surface area contributed by atoms with Crippen LogP contribution in [0.25, 0.3) is 0 Å². The summed E-state index contributed by atoms with van der Waals surface area (Å²) in [4.78, 5) is 12.1. The van der Waals surface area contributed by atoms with Gasteiger partial charge in [0.1, 0.15) is 0 Å². The number of hydrogen-bond acceptors (Lipinski definition) is 2. The van der Waals surface area contributed by atoms with Crippen LogP contribution in [0.1, 0.15) is 23.7 Å². The maximum atomic E-state index is 13.2. The molecule has 1 aromatic carbocycles. The molecular weight excluding hydrogens is 401 g/mol. The lowest BCUT2D eigenvalue weighted by Gasteiger charge is -2.30. The highest BCUT2D eigenvalue weighted by atomic mass is 127. The van der Waals surface area contributed by atoms with E-state index in [1.165, 1.54) is 0 Å². The highest BCUT2D eigenvalue weighted by Crippen LogP contribution is 2.18. The average molecular weight is 417 g/mol.